The van der Waals surface area contributed by atoms with Crippen LogP contribution < -0.4 is 0 Å². The molecule has 0 unspecified atom stereocenters. The molecule has 1 N–H and O–H groups in total. The molecular formula is C11H12F2OS. The fraction of sp³-hybridized carbons (Fsp3) is 0.455. The van der Waals surface area contributed by atoms with Gasteiger partial charge >= 0.3 is 0 Å². The van der Waals surface area contributed by atoms with E-state index in [2.05, 4.69) is 0 Å². The Kier molecular flexibility index (Phi) is 2.98. The van der Waals surface area contributed by atoms with Crippen molar-refractivity contribution < 1.29 is 13.9 Å². The second kappa shape index (κ2) is 4.10. The fourth-order valence-electron chi connectivity index (χ4n) is 1.83. The molecule has 0 aromatic heterocycles. The van der Waals surface area contributed by atoms with Crippen molar-refractivity contribution in [3.8, 4) is 0 Å². The summed E-state index contributed by atoms with van der Waals surface area (Å²) in [5.74, 6) is 0.544. The van der Waals surface area contributed by atoms with Crippen LogP contribution in [0.15, 0.2) is 18.2 Å². The smallest absolute Gasteiger partial charge is 0.129 e. The third kappa shape index (κ3) is 2.16. The predicted molar refractivity (Wildman–Crippen MR) is 56.8 cm³/mol. The van der Waals surface area contributed by atoms with Gasteiger partial charge in [-0.25, -0.2) is 8.78 Å². The summed E-state index contributed by atoms with van der Waals surface area (Å²) < 4.78 is 26.5. The van der Waals surface area contributed by atoms with Crippen LogP contribution in [0, 0.1) is 11.6 Å². The summed E-state index contributed by atoms with van der Waals surface area (Å²) in [6.45, 7) is 0. The second-order valence-electron chi connectivity index (χ2n) is 3.77. The van der Waals surface area contributed by atoms with Gasteiger partial charge in [0.1, 0.15) is 11.6 Å². The van der Waals surface area contributed by atoms with Gasteiger partial charge in [0, 0.05) is 5.56 Å². The molecule has 2 rings (SSSR count). The lowest BCUT2D eigenvalue weighted by molar-refractivity contribution is 0.0242. The quantitative estimate of drug-likeness (QED) is 0.800. The molecule has 1 aliphatic heterocycles. The number of thioether (sulfide) groups is 1. The van der Waals surface area contributed by atoms with Crippen LogP contribution in [-0.4, -0.2) is 16.6 Å². The van der Waals surface area contributed by atoms with Gasteiger partial charge in [-0.3, -0.25) is 0 Å². The molecule has 0 atom stereocenters. The molecule has 1 nitrogen and oxygen atoms in total. The van der Waals surface area contributed by atoms with Gasteiger partial charge < -0.3 is 5.11 Å². The SMILES string of the molecule is OC1(c2cc(F)ccc2F)CCSCC1. The fourth-order valence-corrected chi connectivity index (χ4v) is 3.00. The van der Waals surface area contributed by atoms with Crippen molar-refractivity contribution in [1.82, 2.24) is 0 Å². The average molecular weight is 230 g/mol. The highest BCUT2D eigenvalue weighted by Gasteiger charge is 2.34. The average Bonchev–Trinajstić information content (AvgIpc) is 2.23. The van der Waals surface area contributed by atoms with Crippen LogP contribution in [0.4, 0.5) is 8.78 Å². The first-order valence-corrected chi connectivity index (χ1v) is 6.03. The zero-order chi connectivity index (χ0) is 10.9. The summed E-state index contributed by atoms with van der Waals surface area (Å²) in [4.78, 5) is 0. The van der Waals surface area contributed by atoms with Crippen molar-refractivity contribution in [2.75, 3.05) is 11.5 Å². The summed E-state index contributed by atoms with van der Waals surface area (Å²) in [5.41, 5.74) is -1.08. The Labute approximate surface area is 91.5 Å². The number of aliphatic hydroxyl groups is 1. The van der Waals surface area contributed by atoms with Gasteiger partial charge in [0.25, 0.3) is 0 Å². The lowest BCUT2D eigenvalue weighted by Crippen LogP contribution is -2.31. The zero-order valence-electron chi connectivity index (χ0n) is 8.17. The number of rotatable bonds is 1. The third-order valence-corrected chi connectivity index (χ3v) is 3.74. The minimum Gasteiger partial charge on any atom is -0.385 e. The standard InChI is InChI=1S/C11H12F2OS/c12-8-1-2-10(13)9(7-8)11(14)3-5-15-6-4-11/h1-2,7,14H,3-6H2. The van der Waals surface area contributed by atoms with E-state index in [1.807, 2.05) is 0 Å². The van der Waals surface area contributed by atoms with Gasteiger partial charge in [-0.1, -0.05) is 0 Å². The molecule has 1 aromatic rings. The van der Waals surface area contributed by atoms with E-state index in [0.29, 0.717) is 12.8 Å². The van der Waals surface area contributed by atoms with Crippen LogP contribution in [0.3, 0.4) is 0 Å². The Balaban J connectivity index is 2.38. The molecular weight excluding hydrogens is 218 g/mol. The van der Waals surface area contributed by atoms with E-state index in [1.165, 1.54) is 0 Å². The monoisotopic (exact) mass is 230 g/mol. The van der Waals surface area contributed by atoms with Gasteiger partial charge in [0.2, 0.25) is 0 Å². The molecule has 0 amide bonds. The lowest BCUT2D eigenvalue weighted by atomic mass is 9.88. The first kappa shape index (κ1) is 10.9. The highest BCUT2D eigenvalue weighted by atomic mass is 32.2. The molecule has 82 valence electrons. The molecule has 1 saturated heterocycles. The van der Waals surface area contributed by atoms with Crippen molar-refractivity contribution in [2.24, 2.45) is 0 Å². The molecule has 1 aliphatic rings. The predicted octanol–water partition coefficient (Wildman–Crippen LogP) is 2.68. The van der Waals surface area contributed by atoms with Crippen molar-refractivity contribution in [3.05, 3.63) is 35.4 Å². The maximum atomic E-state index is 13.5. The van der Waals surface area contributed by atoms with Crippen LogP contribution in [0.2, 0.25) is 0 Å². The van der Waals surface area contributed by atoms with E-state index in [0.717, 1.165) is 29.7 Å². The van der Waals surface area contributed by atoms with E-state index in [1.54, 1.807) is 11.8 Å². The molecule has 0 spiro atoms. The number of hydrogen-bond donors (Lipinski definition) is 1. The molecule has 0 aliphatic carbocycles. The van der Waals surface area contributed by atoms with Crippen molar-refractivity contribution in [1.29, 1.82) is 0 Å². The van der Waals surface area contributed by atoms with Crippen molar-refractivity contribution >= 4 is 11.8 Å². The zero-order valence-corrected chi connectivity index (χ0v) is 8.99. The van der Waals surface area contributed by atoms with Gasteiger partial charge in [0.15, 0.2) is 0 Å². The van der Waals surface area contributed by atoms with E-state index in [9.17, 15) is 13.9 Å². The van der Waals surface area contributed by atoms with Crippen LogP contribution in [-0.2, 0) is 5.60 Å². The van der Waals surface area contributed by atoms with Crippen LogP contribution in [0.25, 0.3) is 0 Å². The molecule has 0 saturated carbocycles. The Morgan fingerprint density at radius 1 is 1.20 bits per heavy atom. The largest absolute Gasteiger partial charge is 0.385 e. The Bertz CT molecular complexity index is 362. The summed E-state index contributed by atoms with van der Waals surface area (Å²) in [6.07, 6.45) is 0.968. The second-order valence-corrected chi connectivity index (χ2v) is 4.99. The van der Waals surface area contributed by atoms with E-state index < -0.39 is 17.2 Å². The maximum absolute atomic E-state index is 13.5. The summed E-state index contributed by atoms with van der Waals surface area (Å²) in [5, 5.41) is 10.2. The first-order valence-electron chi connectivity index (χ1n) is 4.87. The number of hydrogen-bond acceptors (Lipinski definition) is 2. The van der Waals surface area contributed by atoms with Gasteiger partial charge in [-0.15, -0.1) is 0 Å². The van der Waals surface area contributed by atoms with E-state index in [4.69, 9.17) is 0 Å². The Hall–Kier alpha value is -0.610. The van der Waals surface area contributed by atoms with Gasteiger partial charge in [-0.2, -0.15) is 11.8 Å². The highest BCUT2D eigenvalue weighted by Crippen LogP contribution is 2.37. The van der Waals surface area contributed by atoms with Crippen molar-refractivity contribution in [3.63, 3.8) is 0 Å². The maximum Gasteiger partial charge on any atom is 0.129 e. The first-order chi connectivity index (χ1) is 7.12. The van der Waals surface area contributed by atoms with Crippen molar-refractivity contribution in [2.45, 2.75) is 18.4 Å². The van der Waals surface area contributed by atoms with Crippen LogP contribution >= 0.6 is 11.8 Å². The highest BCUT2D eigenvalue weighted by molar-refractivity contribution is 7.99. The summed E-state index contributed by atoms with van der Waals surface area (Å²) in [7, 11) is 0. The third-order valence-electron chi connectivity index (χ3n) is 2.75. The molecule has 1 fully saturated rings. The molecule has 0 bridgehead atoms. The molecule has 0 radical (unpaired) electrons. The summed E-state index contributed by atoms with van der Waals surface area (Å²) >= 11 is 1.73. The molecule has 1 aromatic carbocycles. The van der Waals surface area contributed by atoms with E-state index in [-0.39, 0.29) is 5.56 Å². The normalized spacial score (nSPS) is 20.2. The summed E-state index contributed by atoms with van der Waals surface area (Å²) in [6, 6.07) is 3.25. The number of halogens is 2. The minimum absolute atomic E-state index is 0.0998. The van der Waals surface area contributed by atoms with Gasteiger partial charge in [0.05, 0.1) is 5.60 Å². The Morgan fingerprint density at radius 3 is 2.53 bits per heavy atom. The Morgan fingerprint density at radius 2 is 1.87 bits per heavy atom. The topological polar surface area (TPSA) is 20.2 Å². The minimum atomic E-state index is -1.18. The molecule has 15 heavy (non-hydrogen) atoms. The van der Waals surface area contributed by atoms with E-state index >= 15 is 0 Å². The number of benzene rings is 1. The lowest BCUT2D eigenvalue weighted by Gasteiger charge is -2.32. The van der Waals surface area contributed by atoms with Crippen LogP contribution in [0.5, 0.6) is 0 Å². The van der Waals surface area contributed by atoms with Gasteiger partial charge in [-0.05, 0) is 42.5 Å². The van der Waals surface area contributed by atoms with Crippen LogP contribution in [0.1, 0.15) is 18.4 Å². The molecule has 1 heterocycles. The molecule has 4 heteroatoms.